The van der Waals surface area contributed by atoms with E-state index in [4.69, 9.17) is 4.98 Å². The lowest BCUT2D eigenvalue weighted by atomic mass is 9.95. The Labute approximate surface area is 217 Å². The molecule has 2 saturated heterocycles. The number of imidazole rings is 1. The Morgan fingerprint density at radius 3 is 2.51 bits per heavy atom. The zero-order valence-electron chi connectivity index (χ0n) is 22.1. The van der Waals surface area contributed by atoms with Crippen molar-refractivity contribution in [1.29, 1.82) is 0 Å². The lowest BCUT2D eigenvalue weighted by Gasteiger charge is -2.41. The SMILES string of the molecule is CC(C)(C)C(=O)Nc1ccc2[nH]nc(-c3nc4ccc(N5CCC(N6CCCCC6)CC5)cc4[nH]3)c2c1. The summed E-state index contributed by atoms with van der Waals surface area (Å²) in [6.45, 7) is 10.5. The first-order valence-corrected chi connectivity index (χ1v) is 13.6. The van der Waals surface area contributed by atoms with Crippen molar-refractivity contribution in [2.75, 3.05) is 36.4 Å². The highest BCUT2D eigenvalue weighted by molar-refractivity contribution is 5.99. The summed E-state index contributed by atoms with van der Waals surface area (Å²) in [6.07, 6.45) is 6.58. The number of aromatic nitrogens is 4. The summed E-state index contributed by atoms with van der Waals surface area (Å²) < 4.78 is 0. The molecule has 0 aliphatic carbocycles. The molecule has 0 unspecified atom stereocenters. The molecule has 0 saturated carbocycles. The fourth-order valence-corrected chi connectivity index (χ4v) is 5.67. The van der Waals surface area contributed by atoms with Crippen LogP contribution in [0.25, 0.3) is 33.5 Å². The van der Waals surface area contributed by atoms with Gasteiger partial charge in [-0.05, 0) is 75.2 Å². The standard InChI is InChI=1S/C29H37N7O/c1-29(2,3)28(37)30-19-7-9-23-22(17-19)26(34-33-23)27-31-24-10-8-21(18-25(24)32-27)36-15-11-20(12-16-36)35-13-5-4-6-14-35/h7-10,17-18,20H,4-6,11-16H2,1-3H3,(H,30,37)(H,31,32)(H,33,34). The molecule has 8 nitrogen and oxygen atoms in total. The Bertz CT molecular complexity index is 1420. The van der Waals surface area contributed by atoms with Crippen molar-refractivity contribution in [1.82, 2.24) is 25.1 Å². The number of aromatic amines is 2. The van der Waals surface area contributed by atoms with Crippen molar-refractivity contribution >= 4 is 39.2 Å². The van der Waals surface area contributed by atoms with Crippen molar-refractivity contribution < 1.29 is 4.79 Å². The van der Waals surface area contributed by atoms with Crippen LogP contribution in [0.3, 0.4) is 0 Å². The molecule has 4 aromatic rings. The predicted octanol–water partition coefficient (Wildman–Crippen LogP) is 5.55. The van der Waals surface area contributed by atoms with E-state index in [2.05, 4.69) is 48.5 Å². The number of anilines is 2. The van der Waals surface area contributed by atoms with Crippen LogP contribution in [0.2, 0.25) is 0 Å². The van der Waals surface area contributed by atoms with E-state index in [0.29, 0.717) is 0 Å². The van der Waals surface area contributed by atoms with E-state index in [0.717, 1.165) is 58.3 Å². The average Bonchev–Trinajstić information content (AvgIpc) is 3.52. The quantitative estimate of drug-likeness (QED) is 0.343. The van der Waals surface area contributed by atoms with Gasteiger partial charge in [0.15, 0.2) is 5.82 Å². The minimum atomic E-state index is -0.465. The van der Waals surface area contributed by atoms with Crippen LogP contribution >= 0.6 is 0 Å². The zero-order valence-corrected chi connectivity index (χ0v) is 22.1. The van der Waals surface area contributed by atoms with E-state index in [1.54, 1.807) is 0 Å². The Kier molecular flexibility index (Phi) is 6.15. The van der Waals surface area contributed by atoms with Crippen LogP contribution in [-0.4, -0.2) is 63.2 Å². The Hall–Kier alpha value is -3.39. The number of nitrogens with one attached hydrogen (secondary N) is 3. The molecule has 2 aromatic heterocycles. The highest BCUT2D eigenvalue weighted by Gasteiger charge is 2.26. The minimum absolute atomic E-state index is 0.0203. The molecule has 2 aliphatic heterocycles. The number of piperidine rings is 2. The molecule has 2 fully saturated rings. The molecule has 0 bridgehead atoms. The summed E-state index contributed by atoms with van der Waals surface area (Å²) >= 11 is 0. The van der Waals surface area contributed by atoms with Crippen LogP contribution < -0.4 is 10.2 Å². The van der Waals surface area contributed by atoms with Crippen molar-refractivity contribution in [3.63, 3.8) is 0 Å². The normalized spacial score (nSPS) is 18.1. The number of amides is 1. The van der Waals surface area contributed by atoms with Crippen molar-refractivity contribution in [3.05, 3.63) is 36.4 Å². The number of hydrogen-bond donors (Lipinski definition) is 3. The van der Waals surface area contributed by atoms with Crippen LogP contribution in [0.15, 0.2) is 36.4 Å². The third-order valence-electron chi connectivity index (χ3n) is 7.93. The van der Waals surface area contributed by atoms with E-state index >= 15 is 0 Å². The Morgan fingerprint density at radius 2 is 1.76 bits per heavy atom. The highest BCUT2D eigenvalue weighted by atomic mass is 16.2. The maximum absolute atomic E-state index is 12.5. The van der Waals surface area contributed by atoms with Gasteiger partial charge in [-0.3, -0.25) is 9.89 Å². The van der Waals surface area contributed by atoms with E-state index in [-0.39, 0.29) is 5.91 Å². The van der Waals surface area contributed by atoms with Gasteiger partial charge in [0.25, 0.3) is 0 Å². The molecule has 0 radical (unpaired) electrons. The lowest BCUT2D eigenvalue weighted by molar-refractivity contribution is -0.123. The molecule has 6 rings (SSSR count). The van der Waals surface area contributed by atoms with E-state index < -0.39 is 5.41 Å². The van der Waals surface area contributed by atoms with Crippen LogP contribution in [0, 0.1) is 5.41 Å². The zero-order chi connectivity index (χ0) is 25.6. The Morgan fingerprint density at radius 1 is 0.973 bits per heavy atom. The van der Waals surface area contributed by atoms with Gasteiger partial charge in [0.1, 0.15) is 5.69 Å². The second-order valence-corrected chi connectivity index (χ2v) is 11.6. The molecule has 4 heterocycles. The van der Waals surface area contributed by atoms with Crippen LogP contribution in [-0.2, 0) is 4.79 Å². The number of likely N-dealkylation sites (tertiary alicyclic amines) is 1. The summed E-state index contributed by atoms with van der Waals surface area (Å²) in [5.41, 5.74) is 5.13. The molecule has 8 heteroatoms. The van der Waals surface area contributed by atoms with Gasteiger partial charge in [-0.2, -0.15) is 5.10 Å². The van der Waals surface area contributed by atoms with Gasteiger partial charge in [0, 0.05) is 41.3 Å². The summed E-state index contributed by atoms with van der Waals surface area (Å²) in [5, 5.41) is 11.6. The molecule has 194 valence electrons. The van der Waals surface area contributed by atoms with E-state index in [9.17, 15) is 4.79 Å². The molecule has 0 atom stereocenters. The van der Waals surface area contributed by atoms with E-state index in [1.807, 2.05) is 39.0 Å². The fourth-order valence-electron chi connectivity index (χ4n) is 5.67. The van der Waals surface area contributed by atoms with Gasteiger partial charge in [0.05, 0.1) is 16.6 Å². The molecule has 2 aliphatic rings. The maximum atomic E-state index is 12.5. The van der Waals surface area contributed by atoms with Crippen LogP contribution in [0.5, 0.6) is 0 Å². The topological polar surface area (TPSA) is 92.9 Å². The van der Waals surface area contributed by atoms with Gasteiger partial charge in [-0.25, -0.2) is 4.98 Å². The molecule has 2 aromatic carbocycles. The highest BCUT2D eigenvalue weighted by Crippen LogP contribution is 2.31. The fraction of sp³-hybridized carbons (Fsp3) is 0.483. The van der Waals surface area contributed by atoms with Gasteiger partial charge in [-0.15, -0.1) is 0 Å². The predicted molar refractivity (Wildman–Crippen MR) is 150 cm³/mol. The van der Waals surface area contributed by atoms with Crippen molar-refractivity contribution in [2.45, 2.75) is 58.9 Å². The minimum Gasteiger partial charge on any atom is -0.371 e. The first-order chi connectivity index (χ1) is 17.8. The molecular weight excluding hydrogens is 462 g/mol. The number of nitrogens with zero attached hydrogens (tertiary/aromatic N) is 4. The number of H-pyrrole nitrogens is 2. The van der Waals surface area contributed by atoms with Gasteiger partial charge >= 0.3 is 0 Å². The molecule has 0 spiro atoms. The van der Waals surface area contributed by atoms with Gasteiger partial charge in [-0.1, -0.05) is 27.2 Å². The third-order valence-corrected chi connectivity index (χ3v) is 7.93. The summed E-state index contributed by atoms with van der Waals surface area (Å²) in [7, 11) is 0. The molecular formula is C29H37N7O. The number of carbonyl (C=O) groups is 1. The van der Waals surface area contributed by atoms with E-state index in [1.165, 1.54) is 50.9 Å². The van der Waals surface area contributed by atoms with Crippen molar-refractivity contribution in [3.8, 4) is 11.5 Å². The third kappa shape index (κ3) is 4.82. The molecule has 3 N–H and O–H groups in total. The first-order valence-electron chi connectivity index (χ1n) is 13.6. The second-order valence-electron chi connectivity index (χ2n) is 11.6. The summed E-state index contributed by atoms with van der Waals surface area (Å²) in [5.74, 6) is 0.703. The van der Waals surface area contributed by atoms with Gasteiger partial charge in [0.2, 0.25) is 5.91 Å². The van der Waals surface area contributed by atoms with Gasteiger partial charge < -0.3 is 20.1 Å². The average molecular weight is 500 g/mol. The smallest absolute Gasteiger partial charge is 0.229 e. The Balaban J connectivity index is 1.21. The van der Waals surface area contributed by atoms with Crippen LogP contribution in [0.4, 0.5) is 11.4 Å². The molecule has 37 heavy (non-hydrogen) atoms. The van der Waals surface area contributed by atoms with Crippen LogP contribution in [0.1, 0.15) is 52.9 Å². The second kappa shape index (κ2) is 9.49. The number of fused-ring (bicyclic) bond motifs is 2. The largest absolute Gasteiger partial charge is 0.371 e. The molecule has 1 amide bonds. The number of hydrogen-bond acceptors (Lipinski definition) is 5. The summed E-state index contributed by atoms with van der Waals surface area (Å²) in [4.78, 5) is 26.1. The lowest BCUT2D eigenvalue weighted by Crippen LogP contribution is -2.46. The number of rotatable bonds is 4. The number of benzene rings is 2. The monoisotopic (exact) mass is 499 g/mol. The van der Waals surface area contributed by atoms with Crippen molar-refractivity contribution in [2.24, 2.45) is 5.41 Å². The first kappa shape index (κ1) is 24.0. The maximum Gasteiger partial charge on any atom is 0.229 e. The number of carbonyl (C=O) groups excluding carboxylic acids is 1. The summed E-state index contributed by atoms with van der Waals surface area (Å²) in [6, 6.07) is 13.1.